The van der Waals surface area contributed by atoms with Gasteiger partial charge in [-0.3, -0.25) is 4.79 Å². The molecule has 0 radical (unpaired) electrons. The van der Waals surface area contributed by atoms with Crippen molar-refractivity contribution in [1.82, 2.24) is 9.88 Å². The largest absolute Gasteiger partial charge is 0.468 e. The normalized spacial score (nSPS) is 12.5. The van der Waals surface area contributed by atoms with E-state index in [9.17, 15) is 4.79 Å². The van der Waals surface area contributed by atoms with Gasteiger partial charge in [0.15, 0.2) is 0 Å². The molecule has 2 aromatic carbocycles. The number of hydrogen-bond acceptors (Lipinski definition) is 3. The number of hydrogen-bond donors (Lipinski definition) is 1. The number of methoxy groups -OCH3 is 1. The summed E-state index contributed by atoms with van der Waals surface area (Å²) in [4.78, 5) is 12.2. The third-order valence-corrected chi connectivity index (χ3v) is 4.51. The minimum Gasteiger partial charge on any atom is -0.468 e. The minimum atomic E-state index is -0.351. The highest BCUT2D eigenvalue weighted by molar-refractivity contribution is 5.85. The van der Waals surface area contributed by atoms with Crippen molar-refractivity contribution in [3.63, 3.8) is 0 Å². The Kier molecular flexibility index (Phi) is 5.74. The minimum absolute atomic E-state index is 0.205. The second-order valence-corrected chi connectivity index (χ2v) is 6.89. The van der Waals surface area contributed by atoms with Crippen LogP contribution in [0.5, 0.6) is 0 Å². The van der Waals surface area contributed by atoms with Crippen molar-refractivity contribution in [2.45, 2.75) is 38.9 Å². The lowest BCUT2D eigenvalue weighted by molar-refractivity contribution is -0.143. The molecule has 1 heterocycles. The van der Waals surface area contributed by atoms with Gasteiger partial charge in [0.25, 0.3) is 0 Å². The number of nitrogens with one attached hydrogen (secondary N) is 1. The van der Waals surface area contributed by atoms with Crippen LogP contribution in [0.25, 0.3) is 10.9 Å². The summed E-state index contributed by atoms with van der Waals surface area (Å²) in [5.41, 5.74) is 3.59. The molecule has 26 heavy (non-hydrogen) atoms. The lowest BCUT2D eigenvalue weighted by Gasteiger charge is -2.18. The molecule has 1 N–H and O–H groups in total. The van der Waals surface area contributed by atoms with Gasteiger partial charge >= 0.3 is 5.97 Å². The van der Waals surface area contributed by atoms with Crippen LogP contribution in [0.2, 0.25) is 0 Å². The molecule has 136 valence electrons. The van der Waals surface area contributed by atoms with Crippen molar-refractivity contribution in [2.24, 2.45) is 0 Å². The van der Waals surface area contributed by atoms with E-state index < -0.39 is 0 Å². The molecule has 0 aliphatic carbocycles. The summed E-state index contributed by atoms with van der Waals surface area (Å²) in [6.07, 6.45) is 2.77. The second kappa shape index (κ2) is 8.19. The Morgan fingerprint density at radius 3 is 2.46 bits per heavy atom. The summed E-state index contributed by atoms with van der Waals surface area (Å²) in [5.74, 6) is -0.224. The highest BCUT2D eigenvalue weighted by atomic mass is 16.5. The molecular formula is C22H26N2O2. The van der Waals surface area contributed by atoms with Crippen LogP contribution in [0.4, 0.5) is 0 Å². The summed E-state index contributed by atoms with van der Waals surface area (Å²) >= 11 is 0. The molecule has 0 aliphatic heterocycles. The number of ether oxygens (including phenoxy) is 1. The fourth-order valence-electron chi connectivity index (χ4n) is 3.37. The van der Waals surface area contributed by atoms with Gasteiger partial charge in [-0.15, -0.1) is 0 Å². The molecule has 0 spiro atoms. The standard InChI is InChI=1S/C22H26N2O2/c1-16(2)23-20(22(25)26-3)13-18-15-24(14-17-9-5-4-6-10-17)21-12-8-7-11-19(18)21/h4-12,15-16,20,23H,13-14H2,1-3H3. The first kappa shape index (κ1) is 18.2. The van der Waals surface area contributed by atoms with Crippen LogP contribution in [0.3, 0.4) is 0 Å². The first-order chi connectivity index (χ1) is 12.6. The van der Waals surface area contributed by atoms with E-state index in [-0.39, 0.29) is 18.1 Å². The molecule has 3 aromatic rings. The van der Waals surface area contributed by atoms with Gasteiger partial charge in [-0.1, -0.05) is 62.4 Å². The average Bonchev–Trinajstić information content (AvgIpc) is 2.99. The van der Waals surface area contributed by atoms with Crippen LogP contribution in [0, 0.1) is 0 Å². The molecule has 4 nitrogen and oxygen atoms in total. The molecule has 1 unspecified atom stereocenters. The quantitative estimate of drug-likeness (QED) is 0.660. The zero-order valence-electron chi connectivity index (χ0n) is 15.6. The molecule has 1 atom stereocenters. The van der Waals surface area contributed by atoms with Gasteiger partial charge in [-0.25, -0.2) is 0 Å². The maximum absolute atomic E-state index is 12.2. The Morgan fingerprint density at radius 1 is 1.08 bits per heavy atom. The lowest BCUT2D eigenvalue weighted by Crippen LogP contribution is -2.43. The lowest BCUT2D eigenvalue weighted by atomic mass is 10.0. The topological polar surface area (TPSA) is 43.3 Å². The predicted molar refractivity (Wildman–Crippen MR) is 105 cm³/mol. The Balaban J connectivity index is 1.94. The third-order valence-electron chi connectivity index (χ3n) is 4.51. The van der Waals surface area contributed by atoms with Gasteiger partial charge in [0, 0.05) is 36.1 Å². The number of aromatic nitrogens is 1. The fourth-order valence-corrected chi connectivity index (χ4v) is 3.37. The van der Waals surface area contributed by atoms with Crippen molar-refractivity contribution in [2.75, 3.05) is 7.11 Å². The molecule has 0 amide bonds. The number of carbonyl (C=O) groups excluding carboxylic acids is 1. The van der Waals surface area contributed by atoms with Crippen molar-refractivity contribution in [3.8, 4) is 0 Å². The average molecular weight is 350 g/mol. The van der Waals surface area contributed by atoms with Crippen molar-refractivity contribution in [1.29, 1.82) is 0 Å². The van der Waals surface area contributed by atoms with Crippen LogP contribution in [-0.2, 0) is 22.5 Å². The highest BCUT2D eigenvalue weighted by Gasteiger charge is 2.22. The smallest absolute Gasteiger partial charge is 0.323 e. The second-order valence-electron chi connectivity index (χ2n) is 6.89. The van der Waals surface area contributed by atoms with Crippen molar-refractivity contribution >= 4 is 16.9 Å². The van der Waals surface area contributed by atoms with E-state index >= 15 is 0 Å². The summed E-state index contributed by atoms with van der Waals surface area (Å²) in [6.45, 7) is 4.88. The van der Waals surface area contributed by atoms with E-state index in [1.807, 2.05) is 26.0 Å². The van der Waals surface area contributed by atoms with E-state index in [0.29, 0.717) is 6.42 Å². The van der Waals surface area contributed by atoms with E-state index in [0.717, 1.165) is 12.1 Å². The van der Waals surface area contributed by atoms with Gasteiger partial charge in [-0.2, -0.15) is 0 Å². The third kappa shape index (κ3) is 4.14. The van der Waals surface area contributed by atoms with E-state index in [1.54, 1.807) is 0 Å². The number of carbonyl (C=O) groups is 1. The maximum Gasteiger partial charge on any atom is 0.323 e. The Hall–Kier alpha value is -2.59. The number of esters is 1. The SMILES string of the molecule is COC(=O)C(Cc1cn(Cc2ccccc2)c2ccccc12)NC(C)C. The van der Waals surface area contributed by atoms with Crippen LogP contribution in [0.15, 0.2) is 60.8 Å². The Morgan fingerprint density at radius 2 is 1.77 bits per heavy atom. The van der Waals surface area contributed by atoms with Crippen LogP contribution in [0.1, 0.15) is 25.0 Å². The monoisotopic (exact) mass is 350 g/mol. The van der Waals surface area contributed by atoms with E-state index in [1.165, 1.54) is 23.6 Å². The first-order valence-corrected chi connectivity index (χ1v) is 9.03. The molecule has 0 saturated heterocycles. The Labute approximate surface area is 154 Å². The molecule has 0 aliphatic rings. The molecule has 4 heteroatoms. The highest BCUT2D eigenvalue weighted by Crippen LogP contribution is 2.24. The number of fused-ring (bicyclic) bond motifs is 1. The molecular weight excluding hydrogens is 324 g/mol. The molecule has 0 fully saturated rings. The van der Waals surface area contributed by atoms with Gasteiger partial charge < -0.3 is 14.6 Å². The van der Waals surface area contributed by atoms with Crippen LogP contribution < -0.4 is 5.32 Å². The predicted octanol–water partition coefficient (Wildman–Crippen LogP) is 3.77. The summed E-state index contributed by atoms with van der Waals surface area (Å²) in [5, 5.41) is 4.50. The van der Waals surface area contributed by atoms with Crippen LogP contribution >= 0.6 is 0 Å². The zero-order chi connectivity index (χ0) is 18.5. The van der Waals surface area contributed by atoms with E-state index in [4.69, 9.17) is 4.74 Å². The summed E-state index contributed by atoms with van der Waals surface area (Å²) in [6, 6.07) is 18.6. The number of nitrogens with zero attached hydrogens (tertiary/aromatic N) is 1. The van der Waals surface area contributed by atoms with Crippen molar-refractivity contribution in [3.05, 3.63) is 71.9 Å². The number of benzene rings is 2. The fraction of sp³-hybridized carbons (Fsp3) is 0.318. The van der Waals surface area contributed by atoms with E-state index in [2.05, 4.69) is 58.5 Å². The zero-order valence-corrected chi connectivity index (χ0v) is 15.6. The summed E-state index contributed by atoms with van der Waals surface area (Å²) in [7, 11) is 1.44. The number of para-hydroxylation sites is 1. The van der Waals surface area contributed by atoms with Gasteiger partial charge in [0.2, 0.25) is 0 Å². The van der Waals surface area contributed by atoms with Crippen LogP contribution in [-0.4, -0.2) is 29.7 Å². The first-order valence-electron chi connectivity index (χ1n) is 9.03. The van der Waals surface area contributed by atoms with Gasteiger partial charge in [0.05, 0.1) is 7.11 Å². The molecule has 3 rings (SSSR count). The molecule has 0 saturated carbocycles. The van der Waals surface area contributed by atoms with Gasteiger partial charge in [-0.05, 0) is 17.2 Å². The molecule has 0 bridgehead atoms. The number of rotatable bonds is 7. The maximum atomic E-state index is 12.2. The van der Waals surface area contributed by atoms with Gasteiger partial charge in [0.1, 0.15) is 6.04 Å². The Bertz CT molecular complexity index is 868. The summed E-state index contributed by atoms with van der Waals surface area (Å²) < 4.78 is 7.25. The molecule has 1 aromatic heterocycles. The van der Waals surface area contributed by atoms with Crippen molar-refractivity contribution < 1.29 is 9.53 Å².